The third-order valence-corrected chi connectivity index (χ3v) is 9.84. The topological polar surface area (TPSA) is 29.3 Å². The molecule has 0 N–H and O–H groups in total. The average Bonchev–Trinajstić information content (AvgIpc) is 3.64. The first-order valence-corrected chi connectivity index (χ1v) is 17.0. The minimum atomic E-state index is 0.628. The highest BCUT2D eigenvalue weighted by Gasteiger charge is 2.20. The molecule has 10 aromatic rings. The van der Waals surface area contributed by atoms with E-state index in [1.165, 1.54) is 27.1 Å². The Bertz CT molecular complexity index is 2870. The van der Waals surface area contributed by atoms with Crippen LogP contribution in [0.1, 0.15) is 0 Å². The molecule has 0 aliphatic carbocycles. The number of anilines is 3. The highest BCUT2D eigenvalue weighted by atomic mass is 16.3. The van der Waals surface area contributed by atoms with Gasteiger partial charge in [-0.2, -0.15) is 0 Å². The zero-order valence-electron chi connectivity index (χ0n) is 27.1. The van der Waals surface area contributed by atoms with Crippen molar-refractivity contribution in [3.8, 4) is 22.6 Å². The highest BCUT2D eigenvalue weighted by Crippen LogP contribution is 2.44. The number of rotatable bonds is 5. The van der Waals surface area contributed by atoms with Gasteiger partial charge in [0.1, 0.15) is 5.52 Å². The van der Waals surface area contributed by atoms with Crippen molar-refractivity contribution < 1.29 is 4.42 Å². The molecule has 1 aromatic heterocycles. The summed E-state index contributed by atoms with van der Waals surface area (Å²) in [7, 11) is 0. The summed E-state index contributed by atoms with van der Waals surface area (Å²) in [4.78, 5) is 7.32. The van der Waals surface area contributed by atoms with Crippen LogP contribution in [0, 0.1) is 0 Å². The molecule has 234 valence electrons. The summed E-state index contributed by atoms with van der Waals surface area (Å²) in [6, 6.07) is 64.7. The van der Waals surface area contributed by atoms with E-state index in [4.69, 9.17) is 9.40 Å². The Hall–Kier alpha value is -6.71. The number of oxazole rings is 1. The van der Waals surface area contributed by atoms with Gasteiger partial charge >= 0.3 is 0 Å². The molecule has 0 aliphatic heterocycles. The first kappa shape index (κ1) is 28.3. The van der Waals surface area contributed by atoms with Crippen LogP contribution in [-0.2, 0) is 0 Å². The van der Waals surface area contributed by atoms with Crippen LogP contribution in [0.4, 0.5) is 17.1 Å². The molecule has 0 amide bonds. The van der Waals surface area contributed by atoms with Gasteiger partial charge < -0.3 is 9.32 Å². The number of hydrogen-bond acceptors (Lipinski definition) is 3. The van der Waals surface area contributed by atoms with Gasteiger partial charge in [0.15, 0.2) is 5.58 Å². The third kappa shape index (κ3) is 4.63. The van der Waals surface area contributed by atoms with Crippen molar-refractivity contribution in [2.75, 3.05) is 4.90 Å². The van der Waals surface area contributed by atoms with Crippen LogP contribution in [0.3, 0.4) is 0 Å². The molecule has 0 saturated heterocycles. The van der Waals surface area contributed by atoms with E-state index in [0.29, 0.717) is 5.89 Å². The number of fused-ring (bicyclic) bond motifs is 8. The van der Waals surface area contributed by atoms with E-state index < -0.39 is 0 Å². The molecular weight excluding hydrogens is 609 g/mol. The first-order valence-electron chi connectivity index (χ1n) is 17.0. The molecule has 3 heteroatoms. The molecule has 50 heavy (non-hydrogen) atoms. The van der Waals surface area contributed by atoms with E-state index in [-0.39, 0.29) is 0 Å². The van der Waals surface area contributed by atoms with E-state index >= 15 is 0 Å². The summed E-state index contributed by atoms with van der Waals surface area (Å²) >= 11 is 0. The Morgan fingerprint density at radius 1 is 0.420 bits per heavy atom. The summed E-state index contributed by atoms with van der Waals surface area (Å²) in [5, 5.41) is 9.37. The third-order valence-electron chi connectivity index (χ3n) is 9.84. The van der Waals surface area contributed by atoms with Crippen LogP contribution in [0.5, 0.6) is 0 Å². The van der Waals surface area contributed by atoms with Gasteiger partial charge in [-0.05, 0) is 91.8 Å². The van der Waals surface area contributed by atoms with E-state index in [1.54, 1.807) is 0 Å². The van der Waals surface area contributed by atoms with Crippen molar-refractivity contribution in [1.29, 1.82) is 0 Å². The molecule has 9 aromatic carbocycles. The standard InChI is InChI=1S/C47H30N2O/c1-3-11-31(12-4-1)40-17-9-10-18-44(40)49(37-26-23-33-20-19-32-13-7-8-16-39(32)41(33)29-37)38-27-24-34-21-22-35-25-28-43-46(45(35)42(34)30-38)50-47(48-43)36-14-5-2-6-15-36/h1-30H. The quantitative estimate of drug-likeness (QED) is 0.176. The van der Waals surface area contributed by atoms with Crippen LogP contribution >= 0.6 is 0 Å². The largest absolute Gasteiger partial charge is 0.435 e. The zero-order valence-corrected chi connectivity index (χ0v) is 27.1. The predicted molar refractivity (Wildman–Crippen MR) is 210 cm³/mol. The van der Waals surface area contributed by atoms with Gasteiger partial charge in [0.2, 0.25) is 5.89 Å². The SMILES string of the molecule is c1ccc(-c2nc3ccc4ccc5ccc(N(c6ccc7ccc8ccccc8c7c6)c6ccccc6-c6ccccc6)cc5c4c3o2)cc1. The second-order valence-electron chi connectivity index (χ2n) is 12.8. The molecular formula is C47H30N2O. The second-order valence-corrected chi connectivity index (χ2v) is 12.8. The lowest BCUT2D eigenvalue weighted by molar-refractivity contribution is 0.623. The molecule has 3 nitrogen and oxygen atoms in total. The normalized spacial score (nSPS) is 11.6. The Balaban J connectivity index is 1.25. The Labute approximate surface area is 289 Å². The molecule has 0 aliphatic rings. The Morgan fingerprint density at radius 3 is 1.76 bits per heavy atom. The minimum Gasteiger partial charge on any atom is -0.435 e. The minimum absolute atomic E-state index is 0.628. The lowest BCUT2D eigenvalue weighted by Crippen LogP contribution is -2.11. The molecule has 0 fully saturated rings. The summed E-state index contributed by atoms with van der Waals surface area (Å²) in [5.74, 6) is 0.628. The fourth-order valence-electron chi connectivity index (χ4n) is 7.44. The number of nitrogens with zero attached hydrogens (tertiary/aromatic N) is 2. The average molecular weight is 639 g/mol. The van der Waals surface area contributed by atoms with Gasteiger partial charge in [-0.25, -0.2) is 4.98 Å². The number of hydrogen-bond donors (Lipinski definition) is 0. The number of aromatic nitrogens is 1. The number of para-hydroxylation sites is 1. The maximum Gasteiger partial charge on any atom is 0.227 e. The van der Waals surface area contributed by atoms with E-state index in [9.17, 15) is 0 Å². The summed E-state index contributed by atoms with van der Waals surface area (Å²) in [6.07, 6.45) is 0. The van der Waals surface area contributed by atoms with Crippen LogP contribution < -0.4 is 4.90 Å². The van der Waals surface area contributed by atoms with Crippen molar-refractivity contribution in [3.63, 3.8) is 0 Å². The first-order chi connectivity index (χ1) is 24.8. The van der Waals surface area contributed by atoms with E-state index in [2.05, 4.69) is 157 Å². The van der Waals surface area contributed by atoms with Crippen molar-refractivity contribution in [2.24, 2.45) is 0 Å². The highest BCUT2D eigenvalue weighted by molar-refractivity contribution is 6.19. The van der Waals surface area contributed by atoms with Gasteiger partial charge in [-0.3, -0.25) is 0 Å². The summed E-state index contributed by atoms with van der Waals surface area (Å²) in [6.45, 7) is 0. The predicted octanol–water partition coefficient (Wildman–Crippen LogP) is 13.2. The van der Waals surface area contributed by atoms with Crippen LogP contribution in [-0.4, -0.2) is 4.98 Å². The molecule has 0 saturated carbocycles. The Morgan fingerprint density at radius 2 is 0.980 bits per heavy atom. The van der Waals surface area contributed by atoms with Gasteiger partial charge in [0.05, 0.1) is 5.69 Å². The van der Waals surface area contributed by atoms with Crippen molar-refractivity contribution in [2.45, 2.75) is 0 Å². The molecule has 1 heterocycles. The van der Waals surface area contributed by atoms with Gasteiger partial charge in [0.25, 0.3) is 0 Å². The fourth-order valence-corrected chi connectivity index (χ4v) is 7.44. The molecule has 10 rings (SSSR count). The van der Waals surface area contributed by atoms with Gasteiger partial charge in [-0.15, -0.1) is 0 Å². The lowest BCUT2D eigenvalue weighted by Gasteiger charge is -2.28. The maximum absolute atomic E-state index is 6.59. The maximum atomic E-state index is 6.59. The van der Waals surface area contributed by atoms with Crippen molar-refractivity contribution in [1.82, 2.24) is 4.98 Å². The van der Waals surface area contributed by atoms with E-state index in [1.807, 2.05) is 30.3 Å². The van der Waals surface area contributed by atoms with Crippen LogP contribution in [0.2, 0.25) is 0 Å². The number of benzene rings is 9. The lowest BCUT2D eigenvalue weighted by atomic mass is 9.98. The van der Waals surface area contributed by atoms with Gasteiger partial charge in [-0.1, -0.05) is 133 Å². The fraction of sp³-hybridized carbons (Fsp3) is 0. The monoisotopic (exact) mass is 638 g/mol. The molecule has 0 atom stereocenters. The second kappa shape index (κ2) is 11.5. The Kier molecular flexibility index (Phi) is 6.49. The van der Waals surface area contributed by atoms with Crippen molar-refractivity contribution >= 4 is 71.3 Å². The summed E-state index contributed by atoms with van der Waals surface area (Å²) in [5.41, 5.74) is 8.20. The molecule has 0 bridgehead atoms. The van der Waals surface area contributed by atoms with Crippen LogP contribution in [0.15, 0.2) is 186 Å². The van der Waals surface area contributed by atoms with Crippen molar-refractivity contribution in [3.05, 3.63) is 182 Å². The molecule has 0 radical (unpaired) electrons. The molecule has 0 unspecified atom stereocenters. The van der Waals surface area contributed by atoms with Crippen LogP contribution in [0.25, 0.3) is 76.8 Å². The smallest absolute Gasteiger partial charge is 0.227 e. The molecule has 0 spiro atoms. The summed E-state index contributed by atoms with van der Waals surface area (Å²) < 4.78 is 6.59. The zero-order chi connectivity index (χ0) is 33.0. The van der Waals surface area contributed by atoms with E-state index in [0.717, 1.165) is 60.8 Å². The van der Waals surface area contributed by atoms with Gasteiger partial charge in [0, 0.05) is 27.9 Å².